The van der Waals surface area contributed by atoms with Gasteiger partial charge in [-0.05, 0) is 37.5 Å². The summed E-state index contributed by atoms with van der Waals surface area (Å²) in [6.45, 7) is 4.76. The van der Waals surface area contributed by atoms with Crippen molar-refractivity contribution in [2.24, 2.45) is 5.92 Å². The number of carbonyl (C=O) groups excluding carboxylic acids is 2. The average molecular weight is 440 g/mol. The minimum atomic E-state index is -1.34. The summed E-state index contributed by atoms with van der Waals surface area (Å²) in [6, 6.07) is 4.37. The predicted molar refractivity (Wildman–Crippen MR) is 110 cm³/mol. The summed E-state index contributed by atoms with van der Waals surface area (Å²) in [5.41, 5.74) is -0.805. The van der Waals surface area contributed by atoms with Crippen LogP contribution in [0.15, 0.2) is 18.2 Å². The third-order valence-electron chi connectivity index (χ3n) is 6.43. The Hall–Kier alpha value is -2.19. The number of likely N-dealkylation sites (tertiary alicyclic amines) is 1. The van der Waals surface area contributed by atoms with Gasteiger partial charge in [-0.2, -0.15) is 0 Å². The summed E-state index contributed by atoms with van der Waals surface area (Å²) in [7, 11) is 0. The van der Waals surface area contributed by atoms with Crippen LogP contribution in [-0.4, -0.2) is 71.0 Å². The normalized spacial score (nSPS) is 24.7. The summed E-state index contributed by atoms with van der Waals surface area (Å²) < 4.78 is 14.2. The van der Waals surface area contributed by atoms with Gasteiger partial charge < -0.3 is 15.3 Å². The number of carboxylic acid groups (broad SMARTS) is 1. The van der Waals surface area contributed by atoms with Crippen molar-refractivity contribution in [3.8, 4) is 0 Å². The first kappa shape index (κ1) is 22.5. The molecule has 0 aliphatic carbocycles. The number of carbonyl (C=O) groups is 3. The number of rotatable bonds is 5. The van der Waals surface area contributed by atoms with Crippen LogP contribution in [0.2, 0.25) is 5.02 Å². The van der Waals surface area contributed by atoms with E-state index in [1.165, 1.54) is 24.0 Å². The molecule has 3 rings (SSSR count). The highest BCUT2D eigenvalue weighted by molar-refractivity contribution is 6.30. The summed E-state index contributed by atoms with van der Waals surface area (Å²) in [5, 5.41) is 13.1. The first-order valence-corrected chi connectivity index (χ1v) is 10.6. The number of benzene rings is 1. The van der Waals surface area contributed by atoms with Gasteiger partial charge in [-0.15, -0.1) is 0 Å². The lowest BCUT2D eigenvalue weighted by atomic mass is 9.71. The van der Waals surface area contributed by atoms with E-state index in [1.807, 2.05) is 0 Å². The number of nitrogens with zero attached hydrogens (tertiary/aromatic N) is 2. The molecule has 2 heterocycles. The molecule has 7 nitrogen and oxygen atoms in total. The fourth-order valence-corrected chi connectivity index (χ4v) is 5.01. The van der Waals surface area contributed by atoms with E-state index in [0.29, 0.717) is 38.0 Å². The molecular formula is C21H27ClFN3O4. The summed E-state index contributed by atoms with van der Waals surface area (Å²) >= 11 is 5.83. The third-order valence-corrected chi connectivity index (χ3v) is 6.74. The average Bonchev–Trinajstić information content (AvgIpc) is 3.15. The highest BCUT2D eigenvalue weighted by Crippen LogP contribution is 2.41. The molecule has 1 aromatic carbocycles. The second kappa shape index (κ2) is 8.89. The quantitative estimate of drug-likeness (QED) is 0.736. The maximum Gasteiger partial charge on any atom is 0.408 e. The van der Waals surface area contributed by atoms with Gasteiger partial charge in [-0.25, -0.2) is 9.18 Å². The third kappa shape index (κ3) is 3.90. The number of piperidine rings is 1. The van der Waals surface area contributed by atoms with Gasteiger partial charge in [0.05, 0.1) is 5.02 Å². The molecule has 2 atom stereocenters. The van der Waals surface area contributed by atoms with E-state index in [9.17, 15) is 23.9 Å². The maximum absolute atomic E-state index is 14.2. The van der Waals surface area contributed by atoms with Gasteiger partial charge in [0, 0.05) is 51.5 Å². The summed E-state index contributed by atoms with van der Waals surface area (Å²) in [6.07, 6.45) is -0.215. The molecule has 1 aromatic rings. The largest absolute Gasteiger partial charge is 0.465 e. The van der Waals surface area contributed by atoms with Crippen molar-refractivity contribution in [1.29, 1.82) is 0 Å². The lowest BCUT2D eigenvalue weighted by molar-refractivity contribution is -0.139. The van der Waals surface area contributed by atoms with Gasteiger partial charge >= 0.3 is 6.09 Å². The Labute approximate surface area is 180 Å². The molecule has 2 aliphatic rings. The Morgan fingerprint density at radius 1 is 1.33 bits per heavy atom. The lowest BCUT2D eigenvalue weighted by Crippen LogP contribution is -2.63. The second-order valence-corrected chi connectivity index (χ2v) is 8.36. The van der Waals surface area contributed by atoms with Crippen molar-refractivity contribution in [2.75, 3.05) is 32.7 Å². The number of likely N-dealkylation sites (N-methyl/N-ethyl adjacent to an activating group) is 1. The van der Waals surface area contributed by atoms with Crippen LogP contribution in [0.4, 0.5) is 9.18 Å². The Morgan fingerprint density at radius 2 is 2.00 bits per heavy atom. The number of ketones is 1. The molecule has 2 amide bonds. The first-order valence-electron chi connectivity index (χ1n) is 10.2. The van der Waals surface area contributed by atoms with Gasteiger partial charge in [0.2, 0.25) is 5.91 Å². The van der Waals surface area contributed by atoms with E-state index < -0.39 is 23.4 Å². The highest BCUT2D eigenvalue weighted by atomic mass is 35.5. The summed E-state index contributed by atoms with van der Waals surface area (Å²) in [4.78, 5) is 40.5. The zero-order valence-corrected chi connectivity index (χ0v) is 17.9. The molecule has 0 radical (unpaired) electrons. The number of nitrogens with one attached hydrogen (secondary N) is 1. The smallest absolute Gasteiger partial charge is 0.408 e. The molecule has 164 valence electrons. The van der Waals surface area contributed by atoms with E-state index in [-0.39, 0.29) is 35.7 Å². The van der Waals surface area contributed by atoms with Crippen LogP contribution in [0.25, 0.3) is 0 Å². The molecule has 9 heteroatoms. The number of halogens is 2. The number of Topliss-reactive ketones (excluding diaryl/α,β-unsaturated/α-hetero) is 1. The van der Waals surface area contributed by atoms with Gasteiger partial charge in [0.25, 0.3) is 0 Å². The SMILES string of the molecule is CCN(C(=O)O)[C@]1(C(=O)C2CCN(C(C)=O)CC2)CNC[C@H]1c1ccc(Cl)c(F)c1. The zero-order chi connectivity index (χ0) is 22.1. The van der Waals surface area contributed by atoms with Crippen LogP contribution in [0.3, 0.4) is 0 Å². The van der Waals surface area contributed by atoms with Gasteiger partial charge in [0.1, 0.15) is 11.4 Å². The summed E-state index contributed by atoms with van der Waals surface area (Å²) in [5.74, 6) is -1.71. The van der Waals surface area contributed by atoms with E-state index >= 15 is 0 Å². The van der Waals surface area contributed by atoms with Gasteiger partial charge in [0.15, 0.2) is 5.78 Å². The fourth-order valence-electron chi connectivity index (χ4n) is 4.90. The molecule has 2 saturated heterocycles. The second-order valence-electron chi connectivity index (χ2n) is 7.95. The molecule has 0 saturated carbocycles. The molecule has 2 fully saturated rings. The predicted octanol–water partition coefficient (Wildman–Crippen LogP) is 2.73. The maximum atomic E-state index is 14.2. The van der Waals surface area contributed by atoms with Crippen molar-refractivity contribution >= 4 is 29.4 Å². The van der Waals surface area contributed by atoms with Crippen LogP contribution in [-0.2, 0) is 9.59 Å². The topological polar surface area (TPSA) is 90.0 Å². The number of hydrogen-bond acceptors (Lipinski definition) is 4. The van der Waals surface area contributed by atoms with E-state index in [0.717, 1.165) is 0 Å². The van der Waals surface area contributed by atoms with Crippen molar-refractivity contribution in [3.05, 3.63) is 34.6 Å². The van der Waals surface area contributed by atoms with Crippen LogP contribution in [0.5, 0.6) is 0 Å². The van der Waals surface area contributed by atoms with E-state index in [1.54, 1.807) is 17.9 Å². The Kier molecular flexibility index (Phi) is 6.67. The van der Waals surface area contributed by atoms with E-state index in [4.69, 9.17) is 11.6 Å². The van der Waals surface area contributed by atoms with Crippen LogP contribution in [0.1, 0.15) is 38.2 Å². The molecule has 0 unspecified atom stereocenters. The molecular weight excluding hydrogens is 413 g/mol. The minimum absolute atomic E-state index is 0.0242. The van der Waals surface area contributed by atoms with Crippen molar-refractivity contribution < 1.29 is 23.9 Å². The molecule has 0 spiro atoms. The van der Waals surface area contributed by atoms with Gasteiger partial charge in [-0.3, -0.25) is 14.5 Å². The van der Waals surface area contributed by atoms with Crippen molar-refractivity contribution in [1.82, 2.24) is 15.1 Å². The first-order chi connectivity index (χ1) is 14.2. The van der Waals surface area contributed by atoms with Crippen LogP contribution in [0, 0.1) is 11.7 Å². The standard InChI is InChI=1S/C21H27ClFN3O4/c1-3-26(20(29)30)21(19(28)14-6-8-25(9-7-14)13(2)27)12-24-11-16(21)15-4-5-17(22)18(23)10-15/h4-5,10,14,16,24H,3,6-9,11-12H2,1-2H3,(H,29,30)/t16-,21+/m0/s1. The molecule has 0 aromatic heterocycles. The number of hydrogen-bond donors (Lipinski definition) is 2. The molecule has 30 heavy (non-hydrogen) atoms. The Morgan fingerprint density at radius 3 is 2.53 bits per heavy atom. The molecule has 2 aliphatic heterocycles. The fraction of sp³-hybridized carbons (Fsp3) is 0.571. The Balaban J connectivity index is 2.01. The van der Waals surface area contributed by atoms with E-state index in [2.05, 4.69) is 5.32 Å². The van der Waals surface area contributed by atoms with Crippen LogP contribution < -0.4 is 5.32 Å². The zero-order valence-electron chi connectivity index (χ0n) is 17.2. The minimum Gasteiger partial charge on any atom is -0.465 e. The number of amides is 2. The molecule has 2 N–H and O–H groups in total. The Bertz CT molecular complexity index is 844. The molecule has 0 bridgehead atoms. The van der Waals surface area contributed by atoms with Crippen molar-refractivity contribution in [2.45, 2.75) is 38.1 Å². The van der Waals surface area contributed by atoms with Crippen LogP contribution >= 0.6 is 11.6 Å². The van der Waals surface area contributed by atoms with Gasteiger partial charge in [-0.1, -0.05) is 17.7 Å². The van der Waals surface area contributed by atoms with Crippen molar-refractivity contribution in [3.63, 3.8) is 0 Å². The monoisotopic (exact) mass is 439 g/mol. The lowest BCUT2D eigenvalue weighted by Gasteiger charge is -2.44. The highest BCUT2D eigenvalue weighted by Gasteiger charge is 2.56.